The van der Waals surface area contributed by atoms with Gasteiger partial charge in [-0.3, -0.25) is 14.9 Å². The van der Waals surface area contributed by atoms with Gasteiger partial charge < -0.3 is 14.8 Å². The van der Waals surface area contributed by atoms with Crippen molar-refractivity contribution < 1.29 is 19.1 Å². The van der Waals surface area contributed by atoms with Crippen molar-refractivity contribution in [2.24, 2.45) is 0 Å². The molecule has 0 aliphatic carbocycles. The van der Waals surface area contributed by atoms with Crippen molar-refractivity contribution in [2.45, 2.75) is 12.5 Å². The van der Waals surface area contributed by atoms with Crippen molar-refractivity contribution in [1.82, 2.24) is 14.8 Å². The standard InChI is InChI=1S/C20H19N5O4/c1-28-13-9-7-12(8-10-13)18-22-20-23-19(27)15(25(20)24-18)11-17(26)21-14-5-3-4-6-16(14)29-2/h3-10,15H,11H2,1-2H3,(H,21,26)(H,22,23,24,27). The predicted octanol–water partition coefficient (Wildman–Crippen LogP) is 2.48. The molecule has 0 bridgehead atoms. The molecule has 9 nitrogen and oxygen atoms in total. The van der Waals surface area contributed by atoms with E-state index in [0.717, 1.165) is 11.3 Å². The summed E-state index contributed by atoms with van der Waals surface area (Å²) in [6, 6.07) is 13.6. The van der Waals surface area contributed by atoms with Crippen LogP contribution >= 0.6 is 0 Å². The first-order chi connectivity index (χ1) is 14.1. The molecule has 2 amide bonds. The zero-order chi connectivity index (χ0) is 20.4. The number of amides is 2. The molecule has 0 radical (unpaired) electrons. The Hall–Kier alpha value is -3.88. The Morgan fingerprint density at radius 3 is 2.62 bits per heavy atom. The van der Waals surface area contributed by atoms with Crippen LogP contribution in [0.1, 0.15) is 12.5 Å². The van der Waals surface area contributed by atoms with E-state index in [-0.39, 0.29) is 18.2 Å². The Morgan fingerprint density at radius 1 is 1.14 bits per heavy atom. The van der Waals surface area contributed by atoms with E-state index in [0.29, 0.717) is 23.2 Å². The molecule has 1 unspecified atom stereocenters. The number of hydrogen-bond donors (Lipinski definition) is 2. The van der Waals surface area contributed by atoms with Gasteiger partial charge in [-0.25, -0.2) is 4.68 Å². The Kier molecular flexibility index (Phi) is 4.86. The number of ether oxygens (including phenoxy) is 2. The van der Waals surface area contributed by atoms with Crippen LogP contribution in [0.2, 0.25) is 0 Å². The van der Waals surface area contributed by atoms with Crippen molar-refractivity contribution in [2.75, 3.05) is 24.9 Å². The second kappa shape index (κ2) is 7.63. The molecule has 4 rings (SSSR count). The summed E-state index contributed by atoms with van der Waals surface area (Å²) < 4.78 is 11.8. The van der Waals surface area contributed by atoms with Gasteiger partial charge in [-0.1, -0.05) is 12.1 Å². The summed E-state index contributed by atoms with van der Waals surface area (Å²) >= 11 is 0. The number of carbonyl (C=O) groups is 2. The van der Waals surface area contributed by atoms with Crippen LogP contribution in [0.25, 0.3) is 11.4 Å². The lowest BCUT2D eigenvalue weighted by Gasteiger charge is -2.12. The van der Waals surface area contributed by atoms with Crippen LogP contribution in [0.3, 0.4) is 0 Å². The highest BCUT2D eigenvalue weighted by atomic mass is 16.5. The lowest BCUT2D eigenvalue weighted by atomic mass is 10.2. The van der Waals surface area contributed by atoms with Crippen LogP contribution < -0.4 is 20.1 Å². The lowest BCUT2D eigenvalue weighted by Crippen LogP contribution is -2.24. The van der Waals surface area contributed by atoms with Gasteiger partial charge in [0.05, 0.1) is 26.3 Å². The van der Waals surface area contributed by atoms with Crippen molar-refractivity contribution in [1.29, 1.82) is 0 Å². The van der Waals surface area contributed by atoms with Gasteiger partial charge in [-0.15, -0.1) is 5.10 Å². The van der Waals surface area contributed by atoms with Gasteiger partial charge in [0.15, 0.2) is 5.82 Å². The lowest BCUT2D eigenvalue weighted by molar-refractivity contribution is -0.123. The number of aromatic nitrogens is 3. The fourth-order valence-corrected chi connectivity index (χ4v) is 3.10. The maximum Gasteiger partial charge on any atom is 0.252 e. The van der Waals surface area contributed by atoms with Crippen molar-refractivity contribution in [3.8, 4) is 22.9 Å². The highest BCUT2D eigenvalue weighted by Crippen LogP contribution is 2.30. The average molecular weight is 393 g/mol. The monoisotopic (exact) mass is 393 g/mol. The number of rotatable bonds is 6. The molecule has 0 fully saturated rings. The molecule has 148 valence electrons. The molecule has 0 saturated heterocycles. The maximum atomic E-state index is 12.5. The third kappa shape index (κ3) is 3.62. The number of hydrogen-bond acceptors (Lipinski definition) is 6. The molecule has 9 heteroatoms. The molecule has 2 heterocycles. The third-order valence-electron chi connectivity index (χ3n) is 4.57. The van der Waals surface area contributed by atoms with Gasteiger partial charge in [-0.2, -0.15) is 4.98 Å². The molecular formula is C20H19N5O4. The summed E-state index contributed by atoms with van der Waals surface area (Å²) in [7, 11) is 3.12. The summed E-state index contributed by atoms with van der Waals surface area (Å²) in [5.74, 6) is 1.38. The summed E-state index contributed by atoms with van der Waals surface area (Å²) in [6.45, 7) is 0. The van der Waals surface area contributed by atoms with Crippen molar-refractivity contribution in [3.63, 3.8) is 0 Å². The second-order valence-corrected chi connectivity index (χ2v) is 6.39. The number of nitrogens with one attached hydrogen (secondary N) is 2. The van der Waals surface area contributed by atoms with Crippen molar-refractivity contribution in [3.05, 3.63) is 48.5 Å². The Labute approximate surface area is 166 Å². The number of benzene rings is 2. The molecule has 0 spiro atoms. The van der Waals surface area contributed by atoms with E-state index in [9.17, 15) is 9.59 Å². The predicted molar refractivity (Wildman–Crippen MR) is 106 cm³/mol. The number of para-hydroxylation sites is 2. The SMILES string of the molecule is COc1ccc(-c2nc3n(n2)C(CC(=O)Nc2ccccc2OC)C(=O)N3)cc1. The van der Waals surface area contributed by atoms with Crippen LogP contribution in [0, 0.1) is 0 Å². The fraction of sp³-hybridized carbons (Fsp3) is 0.200. The quantitative estimate of drug-likeness (QED) is 0.666. The van der Waals surface area contributed by atoms with E-state index in [2.05, 4.69) is 20.7 Å². The summed E-state index contributed by atoms with van der Waals surface area (Å²) in [4.78, 5) is 29.2. The third-order valence-corrected chi connectivity index (χ3v) is 4.57. The highest BCUT2D eigenvalue weighted by Gasteiger charge is 2.35. The zero-order valence-electron chi connectivity index (χ0n) is 15.9. The normalized spacial score (nSPS) is 14.8. The Bertz CT molecular complexity index is 1060. The number of nitrogens with zero attached hydrogens (tertiary/aromatic N) is 3. The zero-order valence-corrected chi connectivity index (χ0v) is 15.9. The first kappa shape index (κ1) is 18.5. The minimum Gasteiger partial charge on any atom is -0.497 e. The van der Waals surface area contributed by atoms with Gasteiger partial charge >= 0.3 is 0 Å². The average Bonchev–Trinajstić information content (AvgIpc) is 3.27. The molecule has 1 aliphatic heterocycles. The van der Waals surface area contributed by atoms with Crippen LogP contribution in [0.5, 0.6) is 11.5 Å². The van der Waals surface area contributed by atoms with E-state index in [1.165, 1.54) is 11.8 Å². The molecule has 2 N–H and O–H groups in total. The molecule has 1 aliphatic rings. The smallest absolute Gasteiger partial charge is 0.252 e. The molecule has 29 heavy (non-hydrogen) atoms. The van der Waals surface area contributed by atoms with E-state index in [1.807, 2.05) is 12.1 Å². The van der Waals surface area contributed by atoms with Crippen LogP contribution in [-0.2, 0) is 9.59 Å². The molecule has 2 aromatic carbocycles. The molecular weight excluding hydrogens is 374 g/mol. The minimum atomic E-state index is -0.779. The summed E-state index contributed by atoms with van der Waals surface area (Å²) in [6.07, 6.45) is -0.0811. The number of carbonyl (C=O) groups excluding carboxylic acids is 2. The van der Waals surface area contributed by atoms with Gasteiger partial charge in [-0.05, 0) is 36.4 Å². The van der Waals surface area contributed by atoms with Crippen LogP contribution in [-0.4, -0.2) is 40.8 Å². The van der Waals surface area contributed by atoms with Crippen LogP contribution in [0.4, 0.5) is 11.6 Å². The minimum absolute atomic E-state index is 0.0811. The van der Waals surface area contributed by atoms with E-state index in [4.69, 9.17) is 9.47 Å². The first-order valence-corrected chi connectivity index (χ1v) is 8.93. The number of anilines is 2. The van der Waals surface area contributed by atoms with E-state index < -0.39 is 6.04 Å². The van der Waals surface area contributed by atoms with Crippen LogP contribution in [0.15, 0.2) is 48.5 Å². The van der Waals surface area contributed by atoms with Gasteiger partial charge in [0.25, 0.3) is 5.91 Å². The second-order valence-electron chi connectivity index (χ2n) is 6.39. The van der Waals surface area contributed by atoms with Gasteiger partial charge in [0.2, 0.25) is 11.9 Å². The van der Waals surface area contributed by atoms with E-state index >= 15 is 0 Å². The van der Waals surface area contributed by atoms with E-state index in [1.54, 1.807) is 43.5 Å². The fourth-order valence-electron chi connectivity index (χ4n) is 3.10. The summed E-state index contributed by atoms with van der Waals surface area (Å²) in [5, 5.41) is 9.86. The van der Waals surface area contributed by atoms with Gasteiger partial charge in [0, 0.05) is 5.56 Å². The largest absolute Gasteiger partial charge is 0.497 e. The first-order valence-electron chi connectivity index (χ1n) is 8.93. The molecule has 3 aromatic rings. The number of fused-ring (bicyclic) bond motifs is 1. The summed E-state index contributed by atoms with van der Waals surface area (Å²) in [5.41, 5.74) is 1.32. The Morgan fingerprint density at radius 2 is 1.90 bits per heavy atom. The van der Waals surface area contributed by atoms with Crippen molar-refractivity contribution >= 4 is 23.5 Å². The number of methoxy groups -OCH3 is 2. The molecule has 1 aromatic heterocycles. The van der Waals surface area contributed by atoms with Gasteiger partial charge in [0.1, 0.15) is 17.5 Å². The highest BCUT2D eigenvalue weighted by molar-refractivity contribution is 6.01. The Balaban J connectivity index is 1.52. The maximum absolute atomic E-state index is 12.5. The topological polar surface area (TPSA) is 107 Å². The molecule has 0 saturated carbocycles. The molecule has 1 atom stereocenters.